The average molecular weight is 1340 g/mol. The summed E-state index contributed by atoms with van der Waals surface area (Å²) in [6.07, 6.45) is -12.8. The van der Waals surface area contributed by atoms with Crippen LogP contribution in [0.15, 0.2) is 146 Å². The molecule has 22 nitrogen and oxygen atoms in total. The van der Waals surface area contributed by atoms with Gasteiger partial charge in [-0.15, -0.1) is 0 Å². The second-order valence-corrected chi connectivity index (χ2v) is 24.2. The first kappa shape index (κ1) is 71.1. The molecule has 13 atom stereocenters. The summed E-state index contributed by atoms with van der Waals surface area (Å²) in [5.74, 6) is 1.67. The van der Waals surface area contributed by atoms with E-state index in [9.17, 15) is 61.3 Å². The summed E-state index contributed by atoms with van der Waals surface area (Å²) in [4.78, 5) is 0. The minimum atomic E-state index is -1.52. The number of hydrogen-bond acceptors (Lipinski definition) is 22. The first-order valence-corrected chi connectivity index (χ1v) is 31.7. The number of benzene rings is 8. The molecule has 0 saturated heterocycles. The molecular weight excluding hydrogens is 1250 g/mol. The van der Waals surface area contributed by atoms with E-state index in [0.29, 0.717) is 95.5 Å². The number of hydrogen-bond donors (Lipinski definition) is 12. The van der Waals surface area contributed by atoms with Crippen LogP contribution in [0.5, 0.6) is 57.5 Å². The Bertz CT molecular complexity index is 3970. The predicted molar refractivity (Wildman–Crippen MR) is 355 cm³/mol. The Morgan fingerprint density at radius 1 is 0.412 bits per heavy atom. The quantitative estimate of drug-likeness (QED) is 0.0211. The first-order chi connectivity index (χ1) is 46.8. The summed E-state index contributed by atoms with van der Waals surface area (Å²) in [6.45, 7) is 2.26. The number of aromatic hydroxyl groups is 1. The van der Waals surface area contributed by atoms with E-state index < -0.39 is 105 Å². The number of aryl methyl sites for hydroxylation is 3. The van der Waals surface area contributed by atoms with Crippen molar-refractivity contribution < 1.29 is 109 Å². The van der Waals surface area contributed by atoms with Gasteiger partial charge in [0, 0.05) is 35.3 Å². The van der Waals surface area contributed by atoms with Crippen LogP contribution in [-0.2, 0) is 4.74 Å². The minimum absolute atomic E-state index is 0.0574. The van der Waals surface area contributed by atoms with Crippen molar-refractivity contribution in [2.24, 2.45) is 0 Å². The fraction of sp³-hybridized carbons (Fsp3) is 0.360. The van der Waals surface area contributed by atoms with Crippen molar-refractivity contribution >= 4 is 0 Å². The number of aliphatic hydroxyl groups is 11. The third-order valence-corrected chi connectivity index (χ3v) is 18.0. The van der Waals surface area contributed by atoms with Crippen LogP contribution in [0.1, 0.15) is 121 Å². The Hall–Kier alpha value is -8.72. The van der Waals surface area contributed by atoms with Gasteiger partial charge in [-0.05, 0) is 173 Å². The number of methoxy groups -OCH3 is 4. The van der Waals surface area contributed by atoms with Crippen LogP contribution in [0, 0.1) is 20.8 Å². The monoisotopic (exact) mass is 1340 g/mol. The van der Waals surface area contributed by atoms with E-state index in [-0.39, 0.29) is 59.7 Å². The molecule has 0 aliphatic carbocycles. The van der Waals surface area contributed by atoms with Crippen LogP contribution in [-0.4, -0.2) is 160 Å². The highest BCUT2D eigenvalue weighted by molar-refractivity contribution is 5.78. The molecule has 0 spiro atoms. The van der Waals surface area contributed by atoms with Gasteiger partial charge in [-0.2, -0.15) is 0 Å². The van der Waals surface area contributed by atoms with Gasteiger partial charge in [-0.3, -0.25) is 0 Å². The maximum absolute atomic E-state index is 12.2. The Balaban J connectivity index is 0.880. The van der Waals surface area contributed by atoms with Crippen LogP contribution in [0.4, 0.5) is 0 Å². The maximum atomic E-state index is 12.2. The highest BCUT2D eigenvalue weighted by Crippen LogP contribution is 2.52. The zero-order valence-electron chi connectivity index (χ0n) is 54.8. The molecule has 12 N–H and O–H groups in total. The lowest BCUT2D eigenvalue weighted by atomic mass is 9.89. The largest absolute Gasteiger partial charge is 0.504 e. The van der Waals surface area contributed by atoms with Gasteiger partial charge in [0.05, 0.1) is 79.6 Å². The molecule has 97 heavy (non-hydrogen) atoms. The van der Waals surface area contributed by atoms with Crippen molar-refractivity contribution in [2.75, 3.05) is 74.7 Å². The number of fused-ring (bicyclic) bond motifs is 4. The molecule has 0 bridgehead atoms. The molecule has 8 aromatic rings. The fourth-order valence-electron chi connectivity index (χ4n) is 12.5. The van der Waals surface area contributed by atoms with Gasteiger partial charge in [0.2, 0.25) is 0 Å². The molecule has 0 aromatic heterocycles. The van der Waals surface area contributed by atoms with Crippen LogP contribution in [0.2, 0.25) is 0 Å². The van der Waals surface area contributed by atoms with E-state index >= 15 is 0 Å². The second kappa shape index (κ2) is 31.6. The Labute approximate surface area is 561 Å². The molecule has 0 radical (unpaired) electrons. The van der Waals surface area contributed by atoms with Crippen LogP contribution >= 0.6 is 0 Å². The number of phenols is 1. The summed E-state index contributed by atoms with van der Waals surface area (Å²) >= 11 is 0. The summed E-state index contributed by atoms with van der Waals surface area (Å²) in [7, 11) is 5.93. The first-order valence-electron chi connectivity index (χ1n) is 31.7. The van der Waals surface area contributed by atoms with Gasteiger partial charge in [0.15, 0.2) is 53.5 Å². The van der Waals surface area contributed by atoms with E-state index in [4.69, 9.17) is 47.4 Å². The van der Waals surface area contributed by atoms with E-state index in [1.807, 2.05) is 6.07 Å². The van der Waals surface area contributed by atoms with Gasteiger partial charge < -0.3 is 109 Å². The van der Waals surface area contributed by atoms with Crippen LogP contribution < -0.4 is 42.6 Å². The standard InChI is InChI=1S/C75H84O22/c1-39-24-43(69(84)54(32-76)42-8-16-50(89-5)17-9-42)11-19-58(39)92-67(36-80)72(87)46-14-23-62-52(28-46)51-27-45(13-22-61(51)95-68(37-81)74(96-62)48-10-18-56(82)63(30-48)90-6)71(86)66(35-79)93-59-20-12-44(25-40(59)2)70(85)65(34-78)94-60-21-15-47(26-41(60)3)73-55(33-77)53-29-49(57(83)38-88-4)31-64(91-7)75(53)97-73/h8-31,54-55,57,65-74,76-87H,32-38H2,1-7H3. The lowest BCUT2D eigenvalue weighted by molar-refractivity contribution is -0.00169. The SMILES string of the molecule is COCC(O)c1cc(OC)c2c(c1)C(CO)C(c1ccc(OC(CO)C(O)c3ccc(OC(CO)C(O)c4ccc5c(c4)-c4cc(C(O)C(CO)Oc6ccc(C(O)C(CO)c7ccc(OC)cc7)cc6C)ccc4OC(c4ccc(O)c(OC)c4)C(CO)O5)c(C)c3)c(C)c1)O2. The van der Waals surface area contributed by atoms with Crippen LogP contribution in [0.3, 0.4) is 0 Å². The highest BCUT2D eigenvalue weighted by Gasteiger charge is 2.40. The normalized spacial score (nSPS) is 18.5. The third-order valence-electron chi connectivity index (χ3n) is 18.0. The van der Waals surface area contributed by atoms with Gasteiger partial charge in [0.25, 0.3) is 0 Å². The molecule has 2 aliphatic heterocycles. The Kier molecular flexibility index (Phi) is 23.2. The van der Waals surface area contributed by atoms with Crippen molar-refractivity contribution in [1.29, 1.82) is 0 Å². The summed E-state index contributed by atoms with van der Waals surface area (Å²) < 4.78 is 60.1. The predicted octanol–water partition coefficient (Wildman–Crippen LogP) is 8.00. The van der Waals surface area contributed by atoms with Crippen molar-refractivity contribution in [2.45, 2.75) is 99.8 Å². The molecule has 0 fully saturated rings. The van der Waals surface area contributed by atoms with Crippen LogP contribution in [0.25, 0.3) is 11.1 Å². The molecule has 13 unspecified atom stereocenters. The number of rotatable bonds is 29. The fourth-order valence-corrected chi connectivity index (χ4v) is 12.5. The zero-order chi connectivity index (χ0) is 69.4. The molecule has 22 heteroatoms. The van der Waals surface area contributed by atoms with Crippen molar-refractivity contribution in [3.63, 3.8) is 0 Å². The number of ether oxygens (including phenoxy) is 10. The molecule has 8 aromatic carbocycles. The lowest BCUT2D eigenvalue weighted by Gasteiger charge is -2.33. The molecule has 516 valence electrons. The zero-order valence-corrected chi connectivity index (χ0v) is 54.8. The van der Waals surface area contributed by atoms with E-state index in [2.05, 4.69) is 0 Å². The minimum Gasteiger partial charge on any atom is -0.504 e. The molecule has 0 amide bonds. The molecule has 2 heterocycles. The smallest absolute Gasteiger partial charge is 0.165 e. The molecule has 0 saturated carbocycles. The third kappa shape index (κ3) is 15.2. The second-order valence-electron chi connectivity index (χ2n) is 24.2. The van der Waals surface area contributed by atoms with Crippen molar-refractivity contribution in [3.8, 4) is 68.6 Å². The molecule has 10 rings (SSSR count). The maximum Gasteiger partial charge on any atom is 0.165 e. The summed E-state index contributed by atoms with van der Waals surface area (Å²) in [5.41, 5.74) is 6.83. The lowest BCUT2D eigenvalue weighted by Crippen LogP contribution is -2.34. The highest BCUT2D eigenvalue weighted by atomic mass is 16.6. The van der Waals surface area contributed by atoms with E-state index in [1.165, 1.54) is 27.4 Å². The Morgan fingerprint density at radius 2 is 0.897 bits per heavy atom. The number of aliphatic hydroxyl groups excluding tert-OH is 11. The van der Waals surface area contributed by atoms with E-state index in [0.717, 1.165) is 0 Å². The van der Waals surface area contributed by atoms with Crippen molar-refractivity contribution in [1.82, 2.24) is 0 Å². The summed E-state index contributed by atoms with van der Waals surface area (Å²) in [6, 6.07) is 39.7. The van der Waals surface area contributed by atoms with Gasteiger partial charge in [-0.25, -0.2) is 0 Å². The van der Waals surface area contributed by atoms with Crippen molar-refractivity contribution in [3.05, 3.63) is 212 Å². The molecule has 2 aliphatic rings. The average Bonchev–Trinajstić information content (AvgIpc) is 1.76. The van der Waals surface area contributed by atoms with Gasteiger partial charge >= 0.3 is 0 Å². The van der Waals surface area contributed by atoms with Gasteiger partial charge in [0.1, 0.15) is 65.0 Å². The Morgan fingerprint density at radius 3 is 1.38 bits per heavy atom. The number of phenolic OH excluding ortho intramolecular Hbond substituents is 1. The van der Waals surface area contributed by atoms with E-state index in [1.54, 1.807) is 161 Å². The molecular formula is C75H84O22. The summed E-state index contributed by atoms with van der Waals surface area (Å²) in [5, 5.41) is 133. The topological polar surface area (TPSA) is 335 Å². The van der Waals surface area contributed by atoms with Gasteiger partial charge in [-0.1, -0.05) is 48.5 Å².